The normalized spacial score (nSPS) is 26.2. The van der Waals surface area contributed by atoms with E-state index in [2.05, 4.69) is 20.8 Å². The largest absolute Gasteiger partial charge is 0.480 e. The Morgan fingerprint density at radius 1 is 1.44 bits per heavy atom. The van der Waals surface area contributed by atoms with Crippen molar-refractivity contribution < 1.29 is 14.7 Å². The molecule has 3 N–H and O–H groups in total. The number of rotatable bonds is 3. The highest BCUT2D eigenvalue weighted by molar-refractivity contribution is 5.83. The molecular formula is C13H24N2O3. The number of aliphatic carboxylic acids is 1. The van der Waals surface area contributed by atoms with E-state index in [0.717, 1.165) is 0 Å². The molecule has 0 radical (unpaired) electrons. The summed E-state index contributed by atoms with van der Waals surface area (Å²) in [5.74, 6) is -0.768. The lowest BCUT2D eigenvalue weighted by Gasteiger charge is -2.28. The van der Waals surface area contributed by atoms with E-state index in [-0.39, 0.29) is 23.8 Å². The SMILES string of the molecule is CC(CC(=O)N1CCC(N)(C(=O)O)C1)C(C)(C)C. The lowest BCUT2D eigenvalue weighted by molar-refractivity contribution is -0.143. The van der Waals surface area contributed by atoms with Crippen molar-refractivity contribution in [3.63, 3.8) is 0 Å². The molecule has 104 valence electrons. The molecule has 0 aromatic carbocycles. The Morgan fingerprint density at radius 3 is 2.39 bits per heavy atom. The number of carbonyl (C=O) groups is 2. The standard InChI is InChI=1S/C13H24N2O3/c1-9(12(2,3)4)7-10(16)15-6-5-13(14,8-15)11(17)18/h9H,5-8,14H2,1-4H3,(H,17,18). The van der Waals surface area contributed by atoms with Crippen molar-refractivity contribution in [2.75, 3.05) is 13.1 Å². The van der Waals surface area contributed by atoms with Gasteiger partial charge in [-0.15, -0.1) is 0 Å². The third-order valence-electron chi connectivity index (χ3n) is 4.04. The van der Waals surface area contributed by atoms with E-state index in [4.69, 9.17) is 10.8 Å². The van der Waals surface area contributed by atoms with Crippen molar-refractivity contribution in [2.24, 2.45) is 17.1 Å². The number of hydrogen-bond acceptors (Lipinski definition) is 3. The number of carbonyl (C=O) groups excluding carboxylic acids is 1. The van der Waals surface area contributed by atoms with Crippen molar-refractivity contribution in [1.29, 1.82) is 0 Å². The van der Waals surface area contributed by atoms with Gasteiger partial charge >= 0.3 is 5.97 Å². The van der Waals surface area contributed by atoms with Gasteiger partial charge in [0.25, 0.3) is 0 Å². The maximum Gasteiger partial charge on any atom is 0.325 e. The second-order valence-corrected chi connectivity index (χ2v) is 6.50. The van der Waals surface area contributed by atoms with Crippen LogP contribution in [0.4, 0.5) is 0 Å². The van der Waals surface area contributed by atoms with Gasteiger partial charge in [0.2, 0.25) is 5.91 Å². The van der Waals surface area contributed by atoms with Crippen LogP contribution in [0.5, 0.6) is 0 Å². The van der Waals surface area contributed by atoms with E-state index < -0.39 is 11.5 Å². The first kappa shape index (κ1) is 15.0. The average molecular weight is 256 g/mol. The molecule has 18 heavy (non-hydrogen) atoms. The van der Waals surface area contributed by atoms with Crippen LogP contribution < -0.4 is 5.73 Å². The summed E-state index contributed by atoms with van der Waals surface area (Å²) in [7, 11) is 0. The molecule has 5 nitrogen and oxygen atoms in total. The topological polar surface area (TPSA) is 83.6 Å². The highest BCUT2D eigenvalue weighted by atomic mass is 16.4. The van der Waals surface area contributed by atoms with Gasteiger partial charge in [0, 0.05) is 19.5 Å². The van der Waals surface area contributed by atoms with Crippen molar-refractivity contribution in [3.8, 4) is 0 Å². The first-order valence-corrected chi connectivity index (χ1v) is 6.36. The number of likely N-dealkylation sites (tertiary alicyclic amines) is 1. The van der Waals surface area contributed by atoms with Crippen LogP contribution in [0.2, 0.25) is 0 Å². The van der Waals surface area contributed by atoms with Gasteiger partial charge < -0.3 is 15.7 Å². The van der Waals surface area contributed by atoms with Crippen molar-refractivity contribution in [3.05, 3.63) is 0 Å². The number of carboxylic acid groups (broad SMARTS) is 1. The number of amides is 1. The maximum absolute atomic E-state index is 12.1. The first-order chi connectivity index (χ1) is 8.06. The summed E-state index contributed by atoms with van der Waals surface area (Å²) in [6.07, 6.45) is 0.775. The van der Waals surface area contributed by atoms with Gasteiger partial charge in [-0.2, -0.15) is 0 Å². The van der Waals surface area contributed by atoms with Crippen molar-refractivity contribution in [2.45, 2.75) is 46.1 Å². The van der Waals surface area contributed by atoms with Crippen LogP contribution in [0.25, 0.3) is 0 Å². The smallest absolute Gasteiger partial charge is 0.325 e. The van der Waals surface area contributed by atoms with E-state index in [1.807, 2.05) is 6.92 Å². The Morgan fingerprint density at radius 2 is 2.00 bits per heavy atom. The average Bonchev–Trinajstić information content (AvgIpc) is 2.61. The summed E-state index contributed by atoms with van der Waals surface area (Å²) in [5.41, 5.74) is 4.56. The molecule has 2 unspecified atom stereocenters. The predicted molar refractivity (Wildman–Crippen MR) is 69.0 cm³/mol. The Hall–Kier alpha value is -1.10. The third-order valence-corrected chi connectivity index (χ3v) is 4.04. The molecule has 2 atom stereocenters. The zero-order chi connectivity index (χ0) is 14.1. The molecule has 0 spiro atoms. The zero-order valence-corrected chi connectivity index (χ0v) is 11.7. The molecule has 0 aromatic heterocycles. The zero-order valence-electron chi connectivity index (χ0n) is 11.7. The van der Waals surface area contributed by atoms with Crippen LogP contribution in [-0.4, -0.2) is 40.5 Å². The molecule has 1 aliphatic heterocycles. The monoisotopic (exact) mass is 256 g/mol. The fourth-order valence-electron chi connectivity index (χ4n) is 1.92. The maximum atomic E-state index is 12.1. The Labute approximate surface area is 108 Å². The molecule has 1 aliphatic rings. The summed E-state index contributed by atoms with van der Waals surface area (Å²) in [5, 5.41) is 9.02. The van der Waals surface area contributed by atoms with Crippen LogP contribution in [0.15, 0.2) is 0 Å². The molecule has 0 aromatic rings. The van der Waals surface area contributed by atoms with Crippen molar-refractivity contribution >= 4 is 11.9 Å². The van der Waals surface area contributed by atoms with Gasteiger partial charge in [0.05, 0.1) is 0 Å². The molecule has 5 heteroatoms. The van der Waals surface area contributed by atoms with Crippen LogP contribution >= 0.6 is 0 Å². The Balaban J connectivity index is 2.59. The summed E-state index contributed by atoms with van der Waals surface area (Å²) < 4.78 is 0. The molecule has 1 saturated heterocycles. The minimum absolute atomic E-state index is 0.00556. The predicted octanol–water partition coefficient (Wildman–Crippen LogP) is 1.07. The highest BCUT2D eigenvalue weighted by Crippen LogP contribution is 2.29. The van der Waals surface area contributed by atoms with Gasteiger partial charge in [-0.3, -0.25) is 9.59 Å². The van der Waals surface area contributed by atoms with Crippen LogP contribution in [0, 0.1) is 11.3 Å². The van der Waals surface area contributed by atoms with E-state index >= 15 is 0 Å². The molecular weight excluding hydrogens is 232 g/mol. The molecule has 1 rings (SSSR count). The van der Waals surface area contributed by atoms with Crippen LogP contribution in [0.1, 0.15) is 40.5 Å². The molecule has 0 aliphatic carbocycles. The van der Waals surface area contributed by atoms with E-state index in [1.165, 1.54) is 0 Å². The second kappa shape index (κ2) is 4.88. The Kier molecular flexibility index (Phi) is 4.05. The molecule has 0 bridgehead atoms. The third kappa shape index (κ3) is 3.22. The fraction of sp³-hybridized carbons (Fsp3) is 0.846. The first-order valence-electron chi connectivity index (χ1n) is 6.36. The summed E-state index contributed by atoms with van der Waals surface area (Å²) in [4.78, 5) is 24.7. The van der Waals surface area contributed by atoms with Crippen molar-refractivity contribution in [1.82, 2.24) is 4.90 Å². The van der Waals surface area contributed by atoms with E-state index in [9.17, 15) is 9.59 Å². The lowest BCUT2D eigenvalue weighted by Crippen LogP contribution is -2.50. The second-order valence-electron chi connectivity index (χ2n) is 6.50. The fourth-order valence-corrected chi connectivity index (χ4v) is 1.92. The minimum Gasteiger partial charge on any atom is -0.480 e. The highest BCUT2D eigenvalue weighted by Gasteiger charge is 2.43. The number of nitrogens with two attached hydrogens (primary N) is 1. The summed E-state index contributed by atoms with van der Waals surface area (Å²) >= 11 is 0. The van der Waals surface area contributed by atoms with E-state index in [0.29, 0.717) is 19.4 Å². The van der Waals surface area contributed by atoms with Gasteiger partial charge in [0.1, 0.15) is 5.54 Å². The minimum atomic E-state index is -1.26. The molecule has 0 saturated carbocycles. The Bertz CT molecular complexity index is 349. The van der Waals surface area contributed by atoms with E-state index in [1.54, 1.807) is 4.90 Å². The number of nitrogens with zero attached hydrogens (tertiary/aromatic N) is 1. The van der Waals surface area contributed by atoms with Gasteiger partial charge in [-0.1, -0.05) is 27.7 Å². The summed E-state index contributed by atoms with van der Waals surface area (Å²) in [6.45, 7) is 8.90. The van der Waals surface area contributed by atoms with Crippen LogP contribution in [-0.2, 0) is 9.59 Å². The quantitative estimate of drug-likeness (QED) is 0.791. The van der Waals surface area contributed by atoms with Gasteiger partial charge in [-0.25, -0.2) is 0 Å². The molecule has 1 heterocycles. The molecule has 1 fully saturated rings. The lowest BCUT2D eigenvalue weighted by atomic mass is 9.80. The number of hydrogen-bond donors (Lipinski definition) is 2. The van der Waals surface area contributed by atoms with Gasteiger partial charge in [0.15, 0.2) is 0 Å². The van der Waals surface area contributed by atoms with Crippen LogP contribution in [0.3, 0.4) is 0 Å². The molecule has 1 amide bonds. The number of carboxylic acids is 1. The van der Waals surface area contributed by atoms with Gasteiger partial charge in [-0.05, 0) is 17.8 Å². The summed E-state index contributed by atoms with van der Waals surface area (Å²) in [6, 6.07) is 0.